The van der Waals surface area contributed by atoms with Crippen molar-refractivity contribution < 1.29 is 13.9 Å². The van der Waals surface area contributed by atoms with Crippen molar-refractivity contribution in [2.45, 2.75) is 19.4 Å². The molecule has 0 saturated heterocycles. The zero-order valence-corrected chi connectivity index (χ0v) is 13.7. The summed E-state index contributed by atoms with van der Waals surface area (Å²) in [6.45, 7) is 2.13. The van der Waals surface area contributed by atoms with Crippen LogP contribution in [0.1, 0.15) is 21.8 Å². The standard InChI is InChI=1S/C19H17N3O3/c1-12-17(24-11-22-12)19(23)21-10-14-9-13-5-4-6-15(18(13)25-14)16-7-2-3-8-20-16/h2-8,11,14H,9-10H2,1H3,(H,21,23). The summed E-state index contributed by atoms with van der Waals surface area (Å²) in [7, 11) is 0. The van der Waals surface area contributed by atoms with Crippen LogP contribution in [0.15, 0.2) is 53.4 Å². The number of benzene rings is 1. The molecule has 6 heteroatoms. The Morgan fingerprint density at radius 2 is 2.16 bits per heavy atom. The Hall–Kier alpha value is -3.15. The minimum absolute atomic E-state index is 0.118. The van der Waals surface area contributed by atoms with Gasteiger partial charge in [-0.2, -0.15) is 0 Å². The average Bonchev–Trinajstić information content (AvgIpc) is 3.25. The third-order valence-corrected chi connectivity index (χ3v) is 4.21. The predicted octanol–water partition coefficient (Wildman–Crippen LogP) is 2.78. The van der Waals surface area contributed by atoms with E-state index in [1.165, 1.54) is 6.39 Å². The number of pyridine rings is 1. The Morgan fingerprint density at radius 3 is 2.92 bits per heavy atom. The molecule has 1 aromatic carbocycles. The van der Waals surface area contributed by atoms with E-state index in [2.05, 4.69) is 15.3 Å². The number of para-hydroxylation sites is 1. The Kier molecular flexibility index (Phi) is 3.93. The van der Waals surface area contributed by atoms with Gasteiger partial charge in [0, 0.05) is 18.2 Å². The molecule has 1 atom stereocenters. The highest BCUT2D eigenvalue weighted by molar-refractivity contribution is 5.92. The van der Waals surface area contributed by atoms with Gasteiger partial charge >= 0.3 is 0 Å². The van der Waals surface area contributed by atoms with Gasteiger partial charge in [0.2, 0.25) is 5.76 Å². The molecule has 3 heterocycles. The molecule has 1 aliphatic rings. The summed E-state index contributed by atoms with van der Waals surface area (Å²) in [5, 5.41) is 2.85. The van der Waals surface area contributed by atoms with Crippen LogP contribution in [0.2, 0.25) is 0 Å². The van der Waals surface area contributed by atoms with Gasteiger partial charge in [-0.15, -0.1) is 0 Å². The van der Waals surface area contributed by atoms with E-state index < -0.39 is 0 Å². The molecule has 6 nitrogen and oxygen atoms in total. The first kappa shape index (κ1) is 15.4. The number of nitrogens with one attached hydrogen (secondary N) is 1. The number of amides is 1. The molecule has 4 rings (SSSR count). The van der Waals surface area contributed by atoms with E-state index >= 15 is 0 Å². The van der Waals surface area contributed by atoms with Crippen molar-refractivity contribution >= 4 is 5.91 Å². The molecule has 0 radical (unpaired) electrons. The zero-order valence-electron chi connectivity index (χ0n) is 13.7. The second-order valence-corrected chi connectivity index (χ2v) is 5.93. The fourth-order valence-corrected chi connectivity index (χ4v) is 2.98. The fourth-order valence-electron chi connectivity index (χ4n) is 2.98. The van der Waals surface area contributed by atoms with Crippen LogP contribution in [-0.4, -0.2) is 28.5 Å². The molecule has 25 heavy (non-hydrogen) atoms. The second kappa shape index (κ2) is 6.39. The van der Waals surface area contributed by atoms with Gasteiger partial charge in [-0.1, -0.05) is 18.2 Å². The SMILES string of the molecule is Cc1ncoc1C(=O)NCC1Cc2cccc(-c3ccccn3)c2O1. The highest BCUT2D eigenvalue weighted by Crippen LogP contribution is 2.37. The number of rotatable bonds is 4. The molecule has 1 amide bonds. The van der Waals surface area contributed by atoms with Gasteiger partial charge in [0.1, 0.15) is 11.9 Å². The van der Waals surface area contributed by atoms with Crippen LogP contribution in [0.4, 0.5) is 0 Å². The molecule has 2 aromatic heterocycles. The van der Waals surface area contributed by atoms with E-state index in [1.807, 2.05) is 36.4 Å². The number of aryl methyl sites for hydroxylation is 1. The molecule has 1 N–H and O–H groups in total. The minimum atomic E-state index is -0.278. The van der Waals surface area contributed by atoms with Gasteiger partial charge in [-0.05, 0) is 30.7 Å². The number of hydrogen-bond donors (Lipinski definition) is 1. The highest BCUT2D eigenvalue weighted by Gasteiger charge is 2.27. The van der Waals surface area contributed by atoms with Gasteiger partial charge < -0.3 is 14.5 Å². The molecule has 0 spiro atoms. The van der Waals surface area contributed by atoms with Crippen LogP contribution in [-0.2, 0) is 6.42 Å². The fraction of sp³-hybridized carbons (Fsp3) is 0.211. The smallest absolute Gasteiger partial charge is 0.289 e. The van der Waals surface area contributed by atoms with Gasteiger partial charge in [-0.3, -0.25) is 9.78 Å². The lowest BCUT2D eigenvalue weighted by atomic mass is 10.0. The summed E-state index contributed by atoms with van der Waals surface area (Å²) >= 11 is 0. The van der Waals surface area contributed by atoms with Gasteiger partial charge in [-0.25, -0.2) is 4.98 Å². The van der Waals surface area contributed by atoms with Gasteiger partial charge in [0.25, 0.3) is 5.91 Å². The van der Waals surface area contributed by atoms with Crippen LogP contribution in [0.5, 0.6) is 5.75 Å². The van der Waals surface area contributed by atoms with Crippen molar-refractivity contribution in [1.82, 2.24) is 15.3 Å². The van der Waals surface area contributed by atoms with Crippen molar-refractivity contribution in [2.24, 2.45) is 0 Å². The lowest BCUT2D eigenvalue weighted by Gasteiger charge is -2.13. The van der Waals surface area contributed by atoms with Crippen molar-refractivity contribution in [2.75, 3.05) is 6.54 Å². The Morgan fingerprint density at radius 1 is 1.24 bits per heavy atom. The summed E-state index contributed by atoms with van der Waals surface area (Å²) in [4.78, 5) is 20.5. The van der Waals surface area contributed by atoms with Crippen LogP contribution >= 0.6 is 0 Å². The average molecular weight is 335 g/mol. The highest BCUT2D eigenvalue weighted by atomic mass is 16.5. The summed E-state index contributed by atoms with van der Waals surface area (Å²) < 4.78 is 11.2. The number of oxazole rings is 1. The van der Waals surface area contributed by atoms with Crippen molar-refractivity contribution in [1.29, 1.82) is 0 Å². The Bertz CT molecular complexity index is 905. The molecular weight excluding hydrogens is 318 g/mol. The number of carbonyl (C=O) groups excluding carboxylic acids is 1. The number of aromatic nitrogens is 2. The topological polar surface area (TPSA) is 77.3 Å². The zero-order chi connectivity index (χ0) is 17.2. The lowest BCUT2D eigenvalue weighted by Crippen LogP contribution is -2.34. The van der Waals surface area contributed by atoms with Crippen molar-refractivity contribution in [3.8, 4) is 17.0 Å². The van der Waals surface area contributed by atoms with E-state index in [-0.39, 0.29) is 17.8 Å². The first-order valence-electron chi connectivity index (χ1n) is 8.10. The molecular formula is C19H17N3O3. The third kappa shape index (κ3) is 2.98. The molecule has 1 aliphatic heterocycles. The maximum atomic E-state index is 12.1. The normalized spacial score (nSPS) is 15.5. The Balaban J connectivity index is 1.47. The summed E-state index contributed by atoms with van der Waals surface area (Å²) in [5.41, 5.74) is 3.54. The van der Waals surface area contributed by atoms with Crippen molar-refractivity contribution in [3.05, 3.63) is 66.0 Å². The van der Waals surface area contributed by atoms with Crippen LogP contribution < -0.4 is 10.1 Å². The van der Waals surface area contributed by atoms with Crippen LogP contribution in [0, 0.1) is 6.92 Å². The first-order valence-corrected chi connectivity index (χ1v) is 8.10. The van der Waals surface area contributed by atoms with Crippen molar-refractivity contribution in [3.63, 3.8) is 0 Å². The number of nitrogens with zero attached hydrogens (tertiary/aromatic N) is 2. The quantitative estimate of drug-likeness (QED) is 0.793. The molecule has 1 unspecified atom stereocenters. The van der Waals surface area contributed by atoms with E-state index in [1.54, 1.807) is 13.1 Å². The Labute approximate surface area is 144 Å². The molecule has 0 bridgehead atoms. The number of fused-ring (bicyclic) bond motifs is 1. The van der Waals surface area contributed by atoms with Gasteiger partial charge in [0.15, 0.2) is 6.39 Å². The summed E-state index contributed by atoms with van der Waals surface area (Å²) in [6, 6.07) is 11.8. The summed E-state index contributed by atoms with van der Waals surface area (Å²) in [5.74, 6) is 0.806. The largest absolute Gasteiger partial charge is 0.487 e. The minimum Gasteiger partial charge on any atom is -0.487 e. The maximum Gasteiger partial charge on any atom is 0.289 e. The molecule has 0 saturated carbocycles. The predicted molar refractivity (Wildman–Crippen MR) is 91.4 cm³/mol. The van der Waals surface area contributed by atoms with Crippen LogP contribution in [0.3, 0.4) is 0 Å². The molecule has 3 aromatic rings. The maximum absolute atomic E-state index is 12.1. The molecule has 0 fully saturated rings. The molecule has 0 aliphatic carbocycles. The molecule has 126 valence electrons. The lowest BCUT2D eigenvalue weighted by molar-refractivity contribution is 0.0905. The first-order chi connectivity index (χ1) is 12.2. The number of hydrogen-bond acceptors (Lipinski definition) is 5. The van der Waals surface area contributed by atoms with E-state index in [4.69, 9.17) is 9.15 Å². The van der Waals surface area contributed by atoms with E-state index in [0.29, 0.717) is 12.2 Å². The van der Waals surface area contributed by atoms with E-state index in [0.717, 1.165) is 29.0 Å². The third-order valence-electron chi connectivity index (χ3n) is 4.21. The van der Waals surface area contributed by atoms with Gasteiger partial charge in [0.05, 0.1) is 17.9 Å². The monoisotopic (exact) mass is 335 g/mol. The number of carbonyl (C=O) groups is 1. The van der Waals surface area contributed by atoms with E-state index in [9.17, 15) is 4.79 Å². The summed E-state index contributed by atoms with van der Waals surface area (Å²) in [6.07, 6.45) is 3.66. The number of ether oxygens (including phenoxy) is 1. The second-order valence-electron chi connectivity index (χ2n) is 5.93. The van der Waals surface area contributed by atoms with Crippen LogP contribution in [0.25, 0.3) is 11.3 Å².